The Hall–Kier alpha value is -2.59. The summed E-state index contributed by atoms with van der Waals surface area (Å²) in [5.74, 6) is 0.0599. The first-order valence-electron chi connectivity index (χ1n) is 7.55. The fraction of sp³-hybridized carbons (Fsp3) is 0.158. The van der Waals surface area contributed by atoms with Crippen LogP contribution in [0.5, 0.6) is 5.75 Å². The number of hydrogen-bond acceptors (Lipinski definition) is 4. The molecular formula is C19H16ClNO3. The Bertz CT molecular complexity index is 852. The predicted molar refractivity (Wildman–Crippen MR) is 93.2 cm³/mol. The van der Waals surface area contributed by atoms with E-state index in [0.29, 0.717) is 16.3 Å². The summed E-state index contributed by atoms with van der Waals surface area (Å²) in [6.07, 6.45) is 1.32. The molecule has 0 aliphatic rings. The van der Waals surface area contributed by atoms with Crippen LogP contribution in [-0.2, 0) is 9.53 Å². The molecule has 0 radical (unpaired) electrons. The Labute approximate surface area is 145 Å². The maximum atomic E-state index is 12.0. The van der Waals surface area contributed by atoms with Crippen molar-refractivity contribution < 1.29 is 14.3 Å². The van der Waals surface area contributed by atoms with Gasteiger partial charge in [-0.1, -0.05) is 41.9 Å². The minimum Gasteiger partial charge on any atom is -0.480 e. The molecule has 1 atom stereocenters. The maximum Gasteiger partial charge on any atom is 0.344 e. The van der Waals surface area contributed by atoms with Crippen LogP contribution in [0.2, 0.25) is 5.02 Å². The van der Waals surface area contributed by atoms with Crippen molar-refractivity contribution in [2.24, 2.45) is 0 Å². The summed E-state index contributed by atoms with van der Waals surface area (Å²) >= 11 is 6.14. The number of carbonyl (C=O) groups is 1. The van der Waals surface area contributed by atoms with E-state index >= 15 is 0 Å². The number of esters is 1. The average Bonchev–Trinajstić information content (AvgIpc) is 2.62. The summed E-state index contributed by atoms with van der Waals surface area (Å²) in [5.41, 5.74) is 1.55. The van der Waals surface area contributed by atoms with Crippen molar-refractivity contribution in [2.45, 2.75) is 13.0 Å². The van der Waals surface area contributed by atoms with Gasteiger partial charge in [-0.2, -0.15) is 0 Å². The third-order valence-electron chi connectivity index (χ3n) is 3.60. The van der Waals surface area contributed by atoms with Crippen LogP contribution in [0.4, 0.5) is 0 Å². The second-order valence-corrected chi connectivity index (χ2v) is 5.68. The van der Waals surface area contributed by atoms with E-state index in [9.17, 15) is 4.79 Å². The standard InChI is InChI=1S/C19H16ClNO3/c1-13(14-6-3-2-4-7-14)24-18(22)12-23-17-10-9-16(20)15-8-5-11-21-19(15)17/h2-11,13H,12H2,1H3. The largest absolute Gasteiger partial charge is 0.480 e. The lowest BCUT2D eigenvalue weighted by Gasteiger charge is -2.14. The van der Waals surface area contributed by atoms with Gasteiger partial charge in [0.2, 0.25) is 0 Å². The molecule has 0 fully saturated rings. The number of aromatic nitrogens is 1. The quantitative estimate of drug-likeness (QED) is 0.638. The average molecular weight is 342 g/mol. The second-order valence-electron chi connectivity index (χ2n) is 5.28. The molecule has 1 heterocycles. The van der Waals surface area contributed by atoms with Crippen LogP contribution in [0.15, 0.2) is 60.8 Å². The Morgan fingerprint density at radius 1 is 1.12 bits per heavy atom. The minimum absolute atomic E-state index is 0.190. The number of halogens is 1. The maximum absolute atomic E-state index is 12.0. The Balaban J connectivity index is 1.66. The fourth-order valence-corrected chi connectivity index (χ4v) is 2.60. The highest BCUT2D eigenvalue weighted by Gasteiger charge is 2.13. The molecule has 1 unspecified atom stereocenters. The van der Waals surface area contributed by atoms with E-state index in [1.54, 1.807) is 24.4 Å². The molecule has 0 N–H and O–H groups in total. The van der Waals surface area contributed by atoms with Crippen LogP contribution in [-0.4, -0.2) is 17.6 Å². The zero-order chi connectivity index (χ0) is 16.9. The highest BCUT2D eigenvalue weighted by Crippen LogP contribution is 2.29. The number of benzene rings is 2. The number of carbonyl (C=O) groups excluding carboxylic acids is 1. The summed E-state index contributed by atoms with van der Waals surface area (Å²) < 4.78 is 11.0. The highest BCUT2D eigenvalue weighted by molar-refractivity contribution is 6.35. The van der Waals surface area contributed by atoms with Gasteiger partial charge in [0.05, 0.1) is 5.02 Å². The molecule has 4 nitrogen and oxygen atoms in total. The molecule has 5 heteroatoms. The van der Waals surface area contributed by atoms with E-state index in [-0.39, 0.29) is 12.7 Å². The lowest BCUT2D eigenvalue weighted by Crippen LogP contribution is -2.17. The highest BCUT2D eigenvalue weighted by atomic mass is 35.5. The minimum atomic E-state index is -0.439. The van der Waals surface area contributed by atoms with Crippen molar-refractivity contribution in [2.75, 3.05) is 6.61 Å². The summed E-state index contributed by atoms with van der Waals surface area (Å²) in [4.78, 5) is 16.3. The van der Waals surface area contributed by atoms with Gasteiger partial charge in [0, 0.05) is 11.6 Å². The van der Waals surface area contributed by atoms with Gasteiger partial charge < -0.3 is 9.47 Å². The van der Waals surface area contributed by atoms with Gasteiger partial charge >= 0.3 is 5.97 Å². The van der Waals surface area contributed by atoms with E-state index in [2.05, 4.69) is 4.98 Å². The van der Waals surface area contributed by atoms with Crippen LogP contribution in [0.3, 0.4) is 0 Å². The number of fused-ring (bicyclic) bond motifs is 1. The normalized spacial score (nSPS) is 11.9. The van der Waals surface area contributed by atoms with E-state index in [1.807, 2.05) is 43.3 Å². The van der Waals surface area contributed by atoms with Crippen LogP contribution in [0.1, 0.15) is 18.6 Å². The molecule has 1 aromatic heterocycles. The van der Waals surface area contributed by atoms with Gasteiger partial charge in [-0.25, -0.2) is 4.79 Å². The van der Waals surface area contributed by atoms with Gasteiger partial charge in [0.25, 0.3) is 0 Å². The molecule has 0 saturated carbocycles. The first-order chi connectivity index (χ1) is 11.6. The molecule has 2 aromatic carbocycles. The van der Waals surface area contributed by atoms with E-state index in [4.69, 9.17) is 21.1 Å². The molecular weight excluding hydrogens is 326 g/mol. The van der Waals surface area contributed by atoms with Crippen LogP contribution >= 0.6 is 11.6 Å². The zero-order valence-electron chi connectivity index (χ0n) is 13.1. The predicted octanol–water partition coefficient (Wildman–Crippen LogP) is 4.57. The number of rotatable bonds is 5. The van der Waals surface area contributed by atoms with Gasteiger partial charge in [-0.3, -0.25) is 4.98 Å². The van der Waals surface area contributed by atoms with Crippen molar-refractivity contribution in [1.29, 1.82) is 0 Å². The molecule has 0 bridgehead atoms. The molecule has 3 aromatic rings. The molecule has 122 valence electrons. The summed E-state index contributed by atoms with van der Waals surface area (Å²) in [6, 6.07) is 16.6. The zero-order valence-corrected chi connectivity index (χ0v) is 13.9. The molecule has 0 aliphatic carbocycles. The van der Waals surface area contributed by atoms with Crippen LogP contribution in [0, 0.1) is 0 Å². The van der Waals surface area contributed by atoms with Crippen LogP contribution < -0.4 is 4.74 Å². The van der Waals surface area contributed by atoms with Gasteiger partial charge in [0.1, 0.15) is 17.4 Å². The number of pyridine rings is 1. The number of ether oxygens (including phenoxy) is 2. The SMILES string of the molecule is CC(OC(=O)COc1ccc(Cl)c2cccnc12)c1ccccc1. The first kappa shape index (κ1) is 16.3. The molecule has 3 rings (SSSR count). The molecule has 0 amide bonds. The summed E-state index contributed by atoms with van der Waals surface area (Å²) in [6.45, 7) is 1.64. The van der Waals surface area contributed by atoms with Crippen molar-refractivity contribution >= 4 is 28.5 Å². The Kier molecular flexibility index (Phi) is 4.96. The fourth-order valence-electron chi connectivity index (χ4n) is 2.39. The Morgan fingerprint density at radius 2 is 1.92 bits per heavy atom. The number of nitrogens with zero attached hydrogens (tertiary/aromatic N) is 1. The lowest BCUT2D eigenvalue weighted by atomic mass is 10.1. The van der Waals surface area contributed by atoms with Crippen LogP contribution in [0.25, 0.3) is 10.9 Å². The van der Waals surface area contributed by atoms with Crippen molar-refractivity contribution in [1.82, 2.24) is 4.98 Å². The molecule has 0 aliphatic heterocycles. The topological polar surface area (TPSA) is 48.4 Å². The molecule has 0 saturated heterocycles. The van der Waals surface area contributed by atoms with E-state index < -0.39 is 5.97 Å². The second kappa shape index (κ2) is 7.32. The van der Waals surface area contributed by atoms with Crippen molar-refractivity contribution in [3.63, 3.8) is 0 Å². The van der Waals surface area contributed by atoms with Gasteiger partial charge in [-0.15, -0.1) is 0 Å². The lowest BCUT2D eigenvalue weighted by molar-refractivity contribution is -0.150. The van der Waals surface area contributed by atoms with E-state index in [1.165, 1.54) is 0 Å². The monoisotopic (exact) mass is 341 g/mol. The Morgan fingerprint density at radius 3 is 2.71 bits per heavy atom. The third-order valence-corrected chi connectivity index (χ3v) is 3.93. The molecule has 0 spiro atoms. The van der Waals surface area contributed by atoms with Gasteiger partial charge in [0.15, 0.2) is 6.61 Å². The summed E-state index contributed by atoms with van der Waals surface area (Å²) in [5, 5.41) is 1.37. The molecule has 24 heavy (non-hydrogen) atoms. The van der Waals surface area contributed by atoms with E-state index in [0.717, 1.165) is 10.9 Å². The smallest absolute Gasteiger partial charge is 0.344 e. The summed E-state index contributed by atoms with van der Waals surface area (Å²) in [7, 11) is 0. The van der Waals surface area contributed by atoms with Crippen molar-refractivity contribution in [3.8, 4) is 5.75 Å². The third kappa shape index (κ3) is 3.66. The first-order valence-corrected chi connectivity index (χ1v) is 7.93. The van der Waals surface area contributed by atoms with Gasteiger partial charge in [-0.05, 0) is 36.8 Å². The number of hydrogen-bond donors (Lipinski definition) is 0. The van der Waals surface area contributed by atoms with Crippen molar-refractivity contribution in [3.05, 3.63) is 71.4 Å².